The maximum absolute atomic E-state index is 10.5. The van der Waals surface area contributed by atoms with E-state index in [4.69, 9.17) is 17.3 Å². The highest BCUT2D eigenvalue weighted by atomic mass is 35.5. The van der Waals surface area contributed by atoms with Crippen LogP contribution in [0.5, 0.6) is 0 Å². The van der Waals surface area contributed by atoms with Gasteiger partial charge in [0.2, 0.25) is 5.24 Å². The zero-order valence-corrected chi connectivity index (χ0v) is 7.01. The molecule has 0 aromatic carbocycles. The number of rotatable bonds is 3. The molecule has 1 atom stereocenters. The van der Waals surface area contributed by atoms with Crippen LogP contribution in [0.4, 0.5) is 0 Å². The number of nitrogens with zero attached hydrogens (tertiary/aromatic N) is 1. The second-order valence-electron chi connectivity index (χ2n) is 2.18. The lowest BCUT2D eigenvalue weighted by molar-refractivity contribution is -0.112. The fraction of sp³-hybridized carbons (Fsp3) is 0.333. The van der Waals surface area contributed by atoms with E-state index in [2.05, 4.69) is 9.97 Å². The molecule has 0 saturated carbocycles. The Bertz CT molecular complexity index is 237. The second kappa shape index (κ2) is 4.87. The minimum absolute atomic E-state index is 0. The van der Waals surface area contributed by atoms with Gasteiger partial charge in [-0.2, -0.15) is 0 Å². The number of nitrogens with two attached hydrogens (primary N) is 1. The molecule has 1 rings (SSSR count). The predicted molar refractivity (Wildman–Crippen MR) is 44.7 cm³/mol. The molecule has 0 fully saturated rings. The Labute approximate surface area is 74.2 Å². The van der Waals surface area contributed by atoms with Gasteiger partial charge in [0, 0.05) is 12.6 Å². The molecule has 0 unspecified atom stereocenters. The summed E-state index contributed by atoms with van der Waals surface area (Å²) >= 11 is 5.14. The Morgan fingerprint density at radius 3 is 2.92 bits per heavy atom. The molecule has 5 nitrogen and oxygen atoms in total. The van der Waals surface area contributed by atoms with E-state index in [1.807, 2.05) is 0 Å². The number of nitrogens with one attached hydrogen (secondary N) is 1. The normalized spacial score (nSPS) is 11.8. The first kappa shape index (κ1) is 11.1. The molecular formula is C6H10ClN3O2. The van der Waals surface area contributed by atoms with Crippen molar-refractivity contribution in [3.8, 4) is 0 Å². The number of halogens is 1. The summed E-state index contributed by atoms with van der Waals surface area (Å²) in [7, 11) is 0. The molecule has 0 aliphatic carbocycles. The third-order valence-electron chi connectivity index (χ3n) is 1.28. The molecule has 1 heterocycles. The molecule has 68 valence electrons. The quantitative estimate of drug-likeness (QED) is 0.613. The van der Waals surface area contributed by atoms with Crippen LogP contribution in [0.15, 0.2) is 12.5 Å². The Morgan fingerprint density at radius 1 is 1.83 bits per heavy atom. The molecule has 0 aliphatic heterocycles. The van der Waals surface area contributed by atoms with Gasteiger partial charge in [0.25, 0.3) is 0 Å². The average Bonchev–Trinajstić information content (AvgIpc) is 2.39. The number of hydrogen-bond donors (Lipinski definition) is 2. The van der Waals surface area contributed by atoms with Gasteiger partial charge in [-0.15, -0.1) is 0 Å². The number of carbonyl (C=O) groups excluding carboxylic acids is 1. The van der Waals surface area contributed by atoms with Gasteiger partial charge in [-0.05, 0) is 11.6 Å². The van der Waals surface area contributed by atoms with Gasteiger partial charge in [0.15, 0.2) is 0 Å². The molecule has 1 aromatic rings. The van der Waals surface area contributed by atoms with Crippen LogP contribution in [-0.4, -0.2) is 26.7 Å². The highest BCUT2D eigenvalue weighted by Crippen LogP contribution is 1.98. The Kier molecular flexibility index (Phi) is 4.50. The van der Waals surface area contributed by atoms with Gasteiger partial charge in [-0.3, -0.25) is 4.79 Å². The number of hydrogen-bond acceptors (Lipinski definition) is 3. The first-order valence-corrected chi connectivity index (χ1v) is 3.50. The van der Waals surface area contributed by atoms with Crippen LogP contribution >= 0.6 is 11.6 Å². The van der Waals surface area contributed by atoms with Crippen LogP contribution in [0.25, 0.3) is 0 Å². The maximum Gasteiger partial charge on any atom is 0.238 e. The molecule has 5 N–H and O–H groups in total. The van der Waals surface area contributed by atoms with Crippen LogP contribution in [0.3, 0.4) is 0 Å². The van der Waals surface area contributed by atoms with Crippen molar-refractivity contribution in [2.75, 3.05) is 0 Å². The van der Waals surface area contributed by atoms with Gasteiger partial charge >= 0.3 is 0 Å². The summed E-state index contributed by atoms with van der Waals surface area (Å²) < 4.78 is 0. The summed E-state index contributed by atoms with van der Waals surface area (Å²) in [5, 5.41) is -0.534. The molecule has 0 spiro atoms. The van der Waals surface area contributed by atoms with Crippen molar-refractivity contribution >= 4 is 16.8 Å². The SMILES string of the molecule is N[C@H](Cc1c[nH]cn1)C(=O)Cl.O. The molecule has 1 aromatic heterocycles. The fourth-order valence-electron chi connectivity index (χ4n) is 0.708. The fourth-order valence-corrected chi connectivity index (χ4v) is 0.785. The van der Waals surface area contributed by atoms with E-state index in [9.17, 15) is 4.79 Å². The maximum atomic E-state index is 10.5. The molecule has 0 amide bonds. The van der Waals surface area contributed by atoms with E-state index < -0.39 is 11.3 Å². The smallest absolute Gasteiger partial charge is 0.238 e. The van der Waals surface area contributed by atoms with Crippen molar-refractivity contribution in [2.45, 2.75) is 12.5 Å². The number of imidazole rings is 1. The Morgan fingerprint density at radius 2 is 2.50 bits per heavy atom. The van der Waals surface area contributed by atoms with Crippen LogP contribution in [-0.2, 0) is 11.2 Å². The van der Waals surface area contributed by atoms with Gasteiger partial charge in [0.1, 0.15) is 0 Å². The predicted octanol–water partition coefficient (Wildman–Crippen LogP) is -0.780. The molecule has 0 aliphatic rings. The van der Waals surface area contributed by atoms with E-state index in [0.717, 1.165) is 5.69 Å². The summed E-state index contributed by atoms with van der Waals surface area (Å²) in [6.07, 6.45) is 3.59. The average molecular weight is 192 g/mol. The van der Waals surface area contributed by atoms with Crippen molar-refractivity contribution in [3.63, 3.8) is 0 Å². The minimum atomic E-state index is -0.653. The first-order valence-electron chi connectivity index (χ1n) is 3.12. The zero-order valence-electron chi connectivity index (χ0n) is 6.25. The third kappa shape index (κ3) is 3.00. The number of aromatic amines is 1. The molecule has 12 heavy (non-hydrogen) atoms. The molecule has 0 saturated heterocycles. The highest BCUT2D eigenvalue weighted by molar-refractivity contribution is 6.64. The zero-order chi connectivity index (χ0) is 8.27. The monoisotopic (exact) mass is 191 g/mol. The van der Waals surface area contributed by atoms with Crippen molar-refractivity contribution in [1.29, 1.82) is 0 Å². The largest absolute Gasteiger partial charge is 0.412 e. The highest BCUT2D eigenvalue weighted by Gasteiger charge is 2.11. The Hall–Kier alpha value is -0.910. The minimum Gasteiger partial charge on any atom is -0.412 e. The molecular weight excluding hydrogens is 182 g/mol. The Balaban J connectivity index is 0.00000121. The summed E-state index contributed by atoms with van der Waals surface area (Å²) in [5.41, 5.74) is 6.11. The number of carbonyl (C=O) groups is 1. The van der Waals surface area contributed by atoms with E-state index >= 15 is 0 Å². The molecule has 0 bridgehead atoms. The lowest BCUT2D eigenvalue weighted by atomic mass is 10.2. The summed E-state index contributed by atoms with van der Waals surface area (Å²) in [4.78, 5) is 17.1. The lowest BCUT2D eigenvalue weighted by Gasteiger charge is -2.01. The second-order valence-corrected chi connectivity index (χ2v) is 2.55. The topological polar surface area (TPSA) is 103 Å². The van der Waals surface area contributed by atoms with Crippen LogP contribution < -0.4 is 5.73 Å². The van der Waals surface area contributed by atoms with E-state index in [1.165, 1.54) is 6.33 Å². The standard InChI is InChI=1S/C6H8ClN3O.H2O/c7-6(11)5(8)1-4-2-9-3-10-4;/h2-3,5H,1,8H2,(H,9,10);1H2/t5-;/m1./s1. The van der Waals surface area contributed by atoms with Crippen molar-refractivity contribution in [2.24, 2.45) is 5.73 Å². The molecule has 0 radical (unpaired) electrons. The van der Waals surface area contributed by atoms with Gasteiger partial charge in [-0.25, -0.2) is 4.98 Å². The van der Waals surface area contributed by atoms with Crippen molar-refractivity contribution in [3.05, 3.63) is 18.2 Å². The third-order valence-corrected chi connectivity index (χ3v) is 1.56. The lowest BCUT2D eigenvalue weighted by Crippen LogP contribution is -2.29. The van der Waals surface area contributed by atoms with Crippen molar-refractivity contribution < 1.29 is 10.3 Å². The van der Waals surface area contributed by atoms with E-state index in [0.29, 0.717) is 6.42 Å². The first-order chi connectivity index (χ1) is 5.20. The van der Waals surface area contributed by atoms with E-state index in [1.54, 1.807) is 6.20 Å². The number of H-pyrrole nitrogens is 1. The van der Waals surface area contributed by atoms with E-state index in [-0.39, 0.29) is 5.48 Å². The summed E-state index contributed by atoms with van der Waals surface area (Å²) in [6.45, 7) is 0. The van der Waals surface area contributed by atoms with Crippen LogP contribution in [0.2, 0.25) is 0 Å². The van der Waals surface area contributed by atoms with Gasteiger partial charge < -0.3 is 16.2 Å². The van der Waals surface area contributed by atoms with Gasteiger partial charge in [-0.1, -0.05) is 0 Å². The van der Waals surface area contributed by atoms with Gasteiger partial charge in [0.05, 0.1) is 18.1 Å². The summed E-state index contributed by atoms with van der Waals surface area (Å²) in [5.74, 6) is 0. The van der Waals surface area contributed by atoms with Crippen LogP contribution in [0.1, 0.15) is 5.69 Å². The molecule has 6 heteroatoms. The number of aromatic nitrogens is 2. The summed E-state index contributed by atoms with van der Waals surface area (Å²) in [6, 6.07) is -0.653. The van der Waals surface area contributed by atoms with Crippen LogP contribution in [0, 0.1) is 0 Å². The van der Waals surface area contributed by atoms with Crippen molar-refractivity contribution in [1.82, 2.24) is 9.97 Å².